The fraction of sp³-hybridized carbons (Fsp3) is 0.500. The largest absolute Gasteiger partial charge is 0.340 e. The average Bonchev–Trinajstić information content (AvgIpc) is 3.12. The van der Waals surface area contributed by atoms with Crippen molar-refractivity contribution in [2.24, 2.45) is 0 Å². The molecular formula is C22H28N4O2S. The van der Waals surface area contributed by atoms with Crippen molar-refractivity contribution < 1.29 is 4.79 Å². The van der Waals surface area contributed by atoms with Crippen LogP contribution in [0.3, 0.4) is 0 Å². The van der Waals surface area contributed by atoms with Gasteiger partial charge in [0.25, 0.3) is 5.56 Å². The zero-order chi connectivity index (χ0) is 20.4. The van der Waals surface area contributed by atoms with E-state index in [4.69, 9.17) is 0 Å². The van der Waals surface area contributed by atoms with Gasteiger partial charge < -0.3 is 4.90 Å². The SMILES string of the molecule is CC(C)c1cc(=O)n2c(n1)SCC2CC(=O)N1CCN(Cc2ccccc2)CC1. The van der Waals surface area contributed by atoms with Gasteiger partial charge in [0.2, 0.25) is 5.91 Å². The first kappa shape index (κ1) is 20.2. The number of rotatable bonds is 5. The van der Waals surface area contributed by atoms with Gasteiger partial charge in [-0.15, -0.1) is 0 Å². The Morgan fingerprint density at radius 2 is 1.90 bits per heavy atom. The summed E-state index contributed by atoms with van der Waals surface area (Å²) in [6.07, 6.45) is 0.376. The summed E-state index contributed by atoms with van der Waals surface area (Å²) in [6, 6.07) is 12.0. The van der Waals surface area contributed by atoms with E-state index in [0.717, 1.165) is 49.3 Å². The molecule has 1 atom stereocenters. The maximum Gasteiger partial charge on any atom is 0.254 e. The molecule has 3 heterocycles. The first-order valence-electron chi connectivity index (χ1n) is 10.3. The highest BCUT2D eigenvalue weighted by atomic mass is 32.2. The standard InChI is InChI=1S/C22H28N4O2S/c1-16(2)19-13-21(28)26-18(15-29-22(26)23-19)12-20(27)25-10-8-24(9-11-25)14-17-6-4-3-5-7-17/h3-7,13,16,18H,8-12,14-15H2,1-2H3. The highest BCUT2D eigenvalue weighted by Crippen LogP contribution is 2.33. The van der Waals surface area contributed by atoms with Gasteiger partial charge in [0.05, 0.1) is 11.7 Å². The van der Waals surface area contributed by atoms with Gasteiger partial charge in [0.1, 0.15) is 0 Å². The van der Waals surface area contributed by atoms with Gasteiger partial charge >= 0.3 is 0 Å². The topological polar surface area (TPSA) is 58.4 Å². The Bertz CT molecular complexity index is 920. The van der Waals surface area contributed by atoms with E-state index in [9.17, 15) is 9.59 Å². The highest BCUT2D eigenvalue weighted by molar-refractivity contribution is 7.99. The van der Waals surface area contributed by atoms with Crippen LogP contribution in [0.4, 0.5) is 0 Å². The van der Waals surface area contributed by atoms with Crippen LogP contribution in [0.25, 0.3) is 0 Å². The quantitative estimate of drug-likeness (QED) is 0.707. The zero-order valence-electron chi connectivity index (χ0n) is 17.1. The Hall–Kier alpha value is -2.12. The van der Waals surface area contributed by atoms with Crippen molar-refractivity contribution in [3.63, 3.8) is 0 Å². The number of carbonyl (C=O) groups excluding carboxylic acids is 1. The minimum atomic E-state index is -0.0916. The van der Waals surface area contributed by atoms with E-state index in [1.165, 1.54) is 5.56 Å². The molecule has 154 valence electrons. The lowest BCUT2D eigenvalue weighted by Crippen LogP contribution is -2.48. The molecule has 6 nitrogen and oxygen atoms in total. The normalized spacial score (nSPS) is 19.6. The molecule has 1 saturated heterocycles. The van der Waals surface area contributed by atoms with E-state index in [-0.39, 0.29) is 23.4 Å². The van der Waals surface area contributed by atoms with E-state index >= 15 is 0 Å². The summed E-state index contributed by atoms with van der Waals surface area (Å²) >= 11 is 1.58. The van der Waals surface area contributed by atoms with Crippen molar-refractivity contribution in [2.45, 2.75) is 43.9 Å². The van der Waals surface area contributed by atoms with Crippen LogP contribution in [0.5, 0.6) is 0 Å². The fourth-order valence-electron chi connectivity index (χ4n) is 3.94. The van der Waals surface area contributed by atoms with Crippen molar-refractivity contribution in [1.29, 1.82) is 0 Å². The number of benzene rings is 1. The second-order valence-corrected chi connectivity index (χ2v) is 9.13. The molecule has 2 aromatic rings. The molecule has 0 aliphatic carbocycles. The number of hydrogen-bond acceptors (Lipinski definition) is 5. The first-order chi connectivity index (χ1) is 14.0. The predicted molar refractivity (Wildman–Crippen MR) is 115 cm³/mol. The summed E-state index contributed by atoms with van der Waals surface area (Å²) in [7, 11) is 0. The molecule has 0 bridgehead atoms. The monoisotopic (exact) mass is 412 g/mol. The number of piperazine rings is 1. The van der Waals surface area contributed by atoms with Gasteiger partial charge in [-0.3, -0.25) is 19.1 Å². The number of aromatic nitrogens is 2. The molecule has 1 unspecified atom stereocenters. The Labute approximate surface area is 175 Å². The van der Waals surface area contributed by atoms with Crippen molar-refractivity contribution in [3.8, 4) is 0 Å². The van der Waals surface area contributed by atoms with Crippen molar-refractivity contribution in [1.82, 2.24) is 19.4 Å². The van der Waals surface area contributed by atoms with Gasteiger partial charge in [0, 0.05) is 51.0 Å². The lowest BCUT2D eigenvalue weighted by molar-refractivity contribution is -0.133. The minimum absolute atomic E-state index is 0.0332. The number of fused-ring (bicyclic) bond motifs is 1. The zero-order valence-corrected chi connectivity index (χ0v) is 17.9. The lowest BCUT2D eigenvalue weighted by Gasteiger charge is -2.35. The van der Waals surface area contributed by atoms with Crippen LogP contribution >= 0.6 is 11.8 Å². The van der Waals surface area contributed by atoms with Crippen LogP contribution in [-0.4, -0.2) is 57.2 Å². The molecule has 1 aromatic heterocycles. The lowest BCUT2D eigenvalue weighted by atomic mass is 10.1. The third-order valence-corrected chi connectivity index (χ3v) is 6.78. The van der Waals surface area contributed by atoms with Gasteiger partial charge in [0.15, 0.2) is 5.16 Å². The predicted octanol–water partition coefficient (Wildman–Crippen LogP) is 2.75. The second-order valence-electron chi connectivity index (χ2n) is 8.14. The van der Waals surface area contributed by atoms with E-state index in [1.54, 1.807) is 22.4 Å². The Kier molecular flexibility index (Phi) is 6.06. The molecule has 1 amide bonds. The van der Waals surface area contributed by atoms with E-state index < -0.39 is 0 Å². The van der Waals surface area contributed by atoms with Crippen LogP contribution in [0.2, 0.25) is 0 Å². The molecule has 0 radical (unpaired) electrons. The molecule has 4 rings (SSSR count). The molecule has 29 heavy (non-hydrogen) atoms. The Morgan fingerprint density at radius 3 is 2.59 bits per heavy atom. The van der Waals surface area contributed by atoms with Crippen molar-refractivity contribution in [2.75, 3.05) is 31.9 Å². The number of carbonyl (C=O) groups is 1. The molecule has 2 aliphatic rings. The number of nitrogens with zero attached hydrogens (tertiary/aromatic N) is 4. The summed E-state index contributed by atoms with van der Waals surface area (Å²) < 4.78 is 1.72. The molecule has 7 heteroatoms. The maximum absolute atomic E-state index is 12.9. The van der Waals surface area contributed by atoms with E-state index in [1.807, 2.05) is 24.8 Å². The summed E-state index contributed by atoms with van der Waals surface area (Å²) in [4.78, 5) is 34.4. The van der Waals surface area contributed by atoms with Crippen molar-refractivity contribution >= 4 is 17.7 Å². The summed E-state index contributed by atoms with van der Waals surface area (Å²) in [5.74, 6) is 1.11. The summed E-state index contributed by atoms with van der Waals surface area (Å²) in [5.41, 5.74) is 2.10. The number of thioether (sulfide) groups is 1. The van der Waals surface area contributed by atoms with Crippen molar-refractivity contribution in [3.05, 3.63) is 58.0 Å². The van der Waals surface area contributed by atoms with Crippen LogP contribution in [0.1, 0.15) is 43.5 Å². The molecule has 1 aromatic carbocycles. The first-order valence-corrected chi connectivity index (χ1v) is 11.3. The molecule has 1 fully saturated rings. The van der Waals surface area contributed by atoms with E-state index in [2.05, 4.69) is 34.1 Å². The number of hydrogen-bond donors (Lipinski definition) is 0. The highest BCUT2D eigenvalue weighted by Gasteiger charge is 2.30. The van der Waals surface area contributed by atoms with Crippen LogP contribution in [0.15, 0.2) is 46.3 Å². The molecular weight excluding hydrogens is 384 g/mol. The van der Waals surface area contributed by atoms with Gasteiger partial charge in [-0.1, -0.05) is 55.9 Å². The smallest absolute Gasteiger partial charge is 0.254 e. The average molecular weight is 413 g/mol. The minimum Gasteiger partial charge on any atom is -0.340 e. The van der Waals surface area contributed by atoms with Gasteiger partial charge in [-0.25, -0.2) is 4.98 Å². The van der Waals surface area contributed by atoms with E-state index in [0.29, 0.717) is 6.42 Å². The number of amides is 1. The molecule has 2 aliphatic heterocycles. The molecule has 0 spiro atoms. The maximum atomic E-state index is 12.9. The Balaban J connectivity index is 1.34. The second kappa shape index (κ2) is 8.71. The summed E-state index contributed by atoms with van der Waals surface area (Å²) in [6.45, 7) is 8.27. The third-order valence-electron chi connectivity index (χ3n) is 5.69. The third kappa shape index (κ3) is 4.56. The van der Waals surface area contributed by atoms with Gasteiger partial charge in [-0.05, 0) is 11.5 Å². The Morgan fingerprint density at radius 1 is 1.17 bits per heavy atom. The van der Waals surface area contributed by atoms with Crippen LogP contribution < -0.4 is 5.56 Å². The van der Waals surface area contributed by atoms with Crippen LogP contribution in [-0.2, 0) is 11.3 Å². The van der Waals surface area contributed by atoms with Crippen LogP contribution in [0, 0.1) is 0 Å². The summed E-state index contributed by atoms with van der Waals surface area (Å²) in [5, 5.41) is 0.756. The van der Waals surface area contributed by atoms with Gasteiger partial charge in [-0.2, -0.15) is 0 Å². The fourth-order valence-corrected chi connectivity index (χ4v) is 5.10. The molecule has 0 saturated carbocycles. The molecule has 0 N–H and O–H groups in total.